The number of allylic oxidation sites excluding steroid dienone is 1. The van der Waals surface area contributed by atoms with E-state index in [2.05, 4.69) is 16.4 Å². The van der Waals surface area contributed by atoms with Gasteiger partial charge in [0.1, 0.15) is 11.9 Å². The number of carbonyl (C=O) groups excluding carboxylic acids is 2. The molecule has 0 bridgehead atoms. The van der Waals surface area contributed by atoms with Gasteiger partial charge in [-0.15, -0.1) is 12.4 Å². The van der Waals surface area contributed by atoms with E-state index in [0.717, 1.165) is 36.9 Å². The SMILES string of the molecule is CCOC(=O)N[C@@H]1CC[C@@H]2[C@@H](C1)C[C@H]1C(=O)O[C@H](C)[C@H]1[C@H]2/C=C/c1ccc(-c2ccccc2F)cn1.Cl. The van der Waals surface area contributed by atoms with Gasteiger partial charge in [0, 0.05) is 29.3 Å². The van der Waals surface area contributed by atoms with Crippen LogP contribution in [0, 0.1) is 35.4 Å². The van der Waals surface area contributed by atoms with Crippen molar-refractivity contribution in [2.45, 2.75) is 51.7 Å². The fourth-order valence-electron chi connectivity index (χ4n) is 6.65. The molecule has 2 aromatic rings. The summed E-state index contributed by atoms with van der Waals surface area (Å²) in [6, 6.07) is 10.5. The van der Waals surface area contributed by atoms with Crippen LogP contribution in [0.25, 0.3) is 17.2 Å². The summed E-state index contributed by atoms with van der Waals surface area (Å²) in [4.78, 5) is 29.2. The average molecular weight is 529 g/mol. The molecule has 1 amide bonds. The Kier molecular flexibility index (Phi) is 8.53. The average Bonchev–Trinajstić information content (AvgIpc) is 3.15. The van der Waals surface area contributed by atoms with Crippen molar-refractivity contribution >= 4 is 30.5 Å². The fourth-order valence-corrected chi connectivity index (χ4v) is 6.65. The van der Waals surface area contributed by atoms with Gasteiger partial charge in [-0.3, -0.25) is 9.78 Å². The molecule has 3 fully saturated rings. The first-order chi connectivity index (χ1) is 17.4. The lowest BCUT2D eigenvalue weighted by Crippen LogP contribution is -2.48. The second-order valence-corrected chi connectivity index (χ2v) is 10.2. The minimum Gasteiger partial charge on any atom is -0.462 e. The summed E-state index contributed by atoms with van der Waals surface area (Å²) in [5.41, 5.74) is 2.06. The van der Waals surface area contributed by atoms with E-state index in [1.807, 2.05) is 31.2 Å². The number of nitrogens with zero attached hydrogens (tertiary/aromatic N) is 1. The Balaban J connectivity index is 0.00000320. The van der Waals surface area contributed by atoms with Crippen LogP contribution in [0.5, 0.6) is 0 Å². The fraction of sp³-hybridized carbons (Fsp3) is 0.483. The molecule has 2 heterocycles. The van der Waals surface area contributed by atoms with Gasteiger partial charge >= 0.3 is 12.1 Å². The van der Waals surface area contributed by atoms with Crippen molar-refractivity contribution in [3.05, 3.63) is 60.2 Å². The summed E-state index contributed by atoms with van der Waals surface area (Å²) in [7, 11) is 0. The maximum absolute atomic E-state index is 14.1. The second kappa shape index (κ2) is 11.6. The predicted molar refractivity (Wildman–Crippen MR) is 141 cm³/mol. The van der Waals surface area contributed by atoms with Crippen LogP contribution in [0.3, 0.4) is 0 Å². The molecule has 0 unspecified atom stereocenters. The number of amides is 1. The molecular weight excluding hydrogens is 495 g/mol. The number of pyridine rings is 1. The van der Waals surface area contributed by atoms with Crippen LogP contribution < -0.4 is 5.32 Å². The molecule has 6 nitrogen and oxygen atoms in total. The molecule has 2 saturated carbocycles. The summed E-state index contributed by atoms with van der Waals surface area (Å²) in [5.74, 6) is 0.586. The Morgan fingerprint density at radius 3 is 2.76 bits per heavy atom. The van der Waals surface area contributed by atoms with Crippen LogP contribution in [-0.2, 0) is 14.3 Å². The maximum Gasteiger partial charge on any atom is 0.407 e. The highest BCUT2D eigenvalue weighted by molar-refractivity contribution is 5.85. The summed E-state index contributed by atoms with van der Waals surface area (Å²) in [5, 5.41) is 3.00. The highest BCUT2D eigenvalue weighted by Gasteiger charge is 2.54. The van der Waals surface area contributed by atoms with E-state index in [0.29, 0.717) is 24.0 Å². The van der Waals surface area contributed by atoms with Crippen LogP contribution >= 0.6 is 12.4 Å². The van der Waals surface area contributed by atoms with Crippen LogP contribution in [0.2, 0.25) is 0 Å². The van der Waals surface area contributed by atoms with Crippen molar-refractivity contribution in [3.8, 4) is 11.1 Å². The zero-order chi connectivity index (χ0) is 25.2. The zero-order valence-corrected chi connectivity index (χ0v) is 22.0. The van der Waals surface area contributed by atoms with Crippen LogP contribution in [0.4, 0.5) is 9.18 Å². The van der Waals surface area contributed by atoms with E-state index in [-0.39, 0.29) is 60.2 Å². The van der Waals surface area contributed by atoms with Crippen molar-refractivity contribution in [2.24, 2.45) is 29.6 Å². The molecule has 1 aromatic heterocycles. The van der Waals surface area contributed by atoms with E-state index < -0.39 is 0 Å². The number of hydrogen-bond donors (Lipinski definition) is 1. The van der Waals surface area contributed by atoms with Crippen molar-refractivity contribution in [1.29, 1.82) is 0 Å². The number of esters is 1. The van der Waals surface area contributed by atoms with Crippen molar-refractivity contribution < 1.29 is 23.5 Å². The second-order valence-electron chi connectivity index (χ2n) is 10.2. The molecule has 2 aliphatic carbocycles. The first-order valence-corrected chi connectivity index (χ1v) is 13.0. The van der Waals surface area contributed by atoms with Crippen LogP contribution in [-0.4, -0.2) is 35.8 Å². The summed E-state index contributed by atoms with van der Waals surface area (Å²) in [6.45, 7) is 4.14. The lowest BCUT2D eigenvalue weighted by atomic mass is 9.57. The Labute approximate surface area is 223 Å². The number of nitrogens with one attached hydrogen (secondary N) is 1. The van der Waals surface area contributed by atoms with Crippen molar-refractivity contribution in [1.82, 2.24) is 10.3 Å². The zero-order valence-electron chi connectivity index (χ0n) is 21.1. The van der Waals surface area contributed by atoms with Crippen molar-refractivity contribution in [3.63, 3.8) is 0 Å². The smallest absolute Gasteiger partial charge is 0.407 e. The van der Waals surface area contributed by atoms with Gasteiger partial charge in [0.15, 0.2) is 0 Å². The van der Waals surface area contributed by atoms with Gasteiger partial charge < -0.3 is 14.8 Å². The Morgan fingerprint density at radius 2 is 2.03 bits per heavy atom. The minimum atomic E-state index is -0.370. The van der Waals surface area contributed by atoms with Gasteiger partial charge in [-0.1, -0.05) is 30.3 Å². The first-order valence-electron chi connectivity index (χ1n) is 13.0. The third-order valence-electron chi connectivity index (χ3n) is 8.21. The van der Waals surface area contributed by atoms with Crippen molar-refractivity contribution in [2.75, 3.05) is 6.61 Å². The Bertz CT molecular complexity index is 1140. The normalized spacial score (nSPS) is 30.6. The number of hydrogen-bond acceptors (Lipinski definition) is 5. The van der Waals surface area contributed by atoms with E-state index in [9.17, 15) is 14.0 Å². The molecule has 1 aliphatic heterocycles. The maximum atomic E-state index is 14.1. The summed E-state index contributed by atoms with van der Waals surface area (Å²) in [6.07, 6.45) is 8.94. The topological polar surface area (TPSA) is 77.5 Å². The number of cyclic esters (lactones) is 1. The predicted octanol–water partition coefficient (Wildman–Crippen LogP) is 6.05. The number of aromatic nitrogens is 1. The largest absolute Gasteiger partial charge is 0.462 e. The summed E-state index contributed by atoms with van der Waals surface area (Å²) >= 11 is 0. The van der Waals surface area contributed by atoms with Gasteiger partial charge in [0.2, 0.25) is 0 Å². The molecule has 7 atom stereocenters. The number of carbonyl (C=O) groups is 2. The number of rotatable bonds is 5. The third kappa shape index (κ3) is 5.66. The molecule has 0 radical (unpaired) electrons. The van der Waals surface area contributed by atoms with Gasteiger partial charge in [-0.2, -0.15) is 0 Å². The molecule has 5 rings (SSSR count). The number of ether oxygens (including phenoxy) is 2. The number of halogens is 2. The van der Waals surface area contributed by atoms with Gasteiger partial charge in [-0.25, -0.2) is 9.18 Å². The van der Waals surface area contributed by atoms with Gasteiger partial charge in [-0.05, 0) is 75.5 Å². The molecule has 3 aliphatic rings. The molecule has 1 saturated heterocycles. The lowest BCUT2D eigenvalue weighted by molar-refractivity contribution is -0.144. The molecular formula is C29H34ClFN2O4. The van der Waals surface area contributed by atoms with Gasteiger partial charge in [0.25, 0.3) is 0 Å². The highest BCUT2D eigenvalue weighted by atomic mass is 35.5. The van der Waals surface area contributed by atoms with E-state index in [1.54, 1.807) is 25.3 Å². The Hall–Kier alpha value is -2.93. The number of benzene rings is 1. The number of fused-ring (bicyclic) bond motifs is 2. The first kappa shape index (κ1) is 27.1. The molecule has 37 heavy (non-hydrogen) atoms. The molecule has 0 spiro atoms. The quantitative estimate of drug-likeness (QED) is 0.478. The standard InChI is InChI=1S/C29H33FN2O4.ClH/c1-3-35-29(34)32-21-11-12-22-19(14-21)15-25-27(17(2)36-28(25)33)24(22)13-10-20-9-8-18(16-31-20)23-6-4-5-7-26(23)30;/h4-10,13,16-17,19,21-22,24-25,27H,3,11-12,14-15H2,1-2H3,(H,32,34);1H/b13-10+;/t17-,19+,21-,22-,24+,25-,27+;/m1./s1. The lowest BCUT2D eigenvalue weighted by Gasteiger charge is -2.47. The number of alkyl carbamates (subject to hydrolysis) is 1. The molecule has 1 N–H and O–H groups in total. The minimum absolute atomic E-state index is 0. The Morgan fingerprint density at radius 1 is 1.22 bits per heavy atom. The molecule has 1 aromatic carbocycles. The monoisotopic (exact) mass is 528 g/mol. The third-order valence-corrected chi connectivity index (χ3v) is 8.21. The van der Waals surface area contributed by atoms with Crippen LogP contribution in [0.15, 0.2) is 48.7 Å². The molecule has 198 valence electrons. The molecule has 8 heteroatoms. The van der Waals surface area contributed by atoms with E-state index >= 15 is 0 Å². The van der Waals surface area contributed by atoms with Gasteiger partial charge in [0.05, 0.1) is 18.2 Å². The van der Waals surface area contributed by atoms with E-state index in [1.165, 1.54) is 6.07 Å². The van der Waals surface area contributed by atoms with E-state index in [4.69, 9.17) is 9.47 Å². The van der Waals surface area contributed by atoms with Crippen LogP contribution in [0.1, 0.15) is 45.2 Å². The summed E-state index contributed by atoms with van der Waals surface area (Å²) < 4.78 is 24.9. The highest BCUT2D eigenvalue weighted by Crippen LogP contribution is 2.53.